The summed E-state index contributed by atoms with van der Waals surface area (Å²) in [5.74, 6) is 1.32. The van der Waals surface area contributed by atoms with Gasteiger partial charge in [-0.2, -0.15) is 0 Å². The van der Waals surface area contributed by atoms with Gasteiger partial charge >= 0.3 is 0 Å². The van der Waals surface area contributed by atoms with Crippen LogP contribution in [0.2, 0.25) is 0 Å². The highest BCUT2D eigenvalue weighted by Crippen LogP contribution is 2.32. The van der Waals surface area contributed by atoms with E-state index in [0.717, 1.165) is 27.6 Å². The van der Waals surface area contributed by atoms with E-state index in [-0.39, 0.29) is 6.04 Å². The lowest BCUT2D eigenvalue weighted by Crippen LogP contribution is -2.09. The number of aromatic nitrogens is 3. The van der Waals surface area contributed by atoms with Crippen molar-refractivity contribution in [3.05, 3.63) is 45.2 Å². The molecule has 0 N–H and O–H groups in total. The molecule has 3 aromatic rings. The molecule has 2 aromatic heterocycles. The van der Waals surface area contributed by atoms with Gasteiger partial charge in [-0.1, -0.05) is 6.07 Å². The minimum atomic E-state index is 0.191. The van der Waals surface area contributed by atoms with Gasteiger partial charge in [0, 0.05) is 0 Å². The van der Waals surface area contributed by atoms with E-state index in [1.807, 2.05) is 6.92 Å². The third-order valence-corrected chi connectivity index (χ3v) is 5.23. The molecule has 3 nitrogen and oxygen atoms in total. The Balaban J connectivity index is 2.22. The Bertz CT molecular complexity index is 803. The predicted octanol–water partition coefficient (Wildman–Crippen LogP) is 4.77. The van der Waals surface area contributed by atoms with E-state index < -0.39 is 0 Å². The zero-order valence-electron chi connectivity index (χ0n) is 12.6. The van der Waals surface area contributed by atoms with E-state index in [9.17, 15) is 0 Å². The van der Waals surface area contributed by atoms with Gasteiger partial charge in [0.2, 0.25) is 0 Å². The molecule has 1 aromatic carbocycles. The van der Waals surface area contributed by atoms with Crippen molar-refractivity contribution in [3.63, 3.8) is 0 Å². The lowest BCUT2D eigenvalue weighted by molar-refractivity contribution is 0.639. The average Bonchev–Trinajstić information content (AvgIpc) is 2.97. The number of benzene rings is 1. The molecule has 0 aliphatic rings. The summed E-state index contributed by atoms with van der Waals surface area (Å²) in [6.45, 7) is 8.41. The van der Waals surface area contributed by atoms with Crippen LogP contribution < -0.4 is 0 Å². The van der Waals surface area contributed by atoms with Gasteiger partial charge in [-0.3, -0.25) is 0 Å². The number of halogens is 1. The summed E-state index contributed by atoms with van der Waals surface area (Å²) in [5.41, 5.74) is 4.47. The van der Waals surface area contributed by atoms with Crippen molar-refractivity contribution in [3.8, 4) is 0 Å². The van der Waals surface area contributed by atoms with Crippen LogP contribution in [-0.2, 0) is 5.88 Å². The molecule has 1 unspecified atom stereocenters. The van der Waals surface area contributed by atoms with Crippen LogP contribution in [0.5, 0.6) is 0 Å². The van der Waals surface area contributed by atoms with Gasteiger partial charge in [0.1, 0.15) is 5.82 Å². The number of thiazole rings is 1. The van der Waals surface area contributed by atoms with Crippen molar-refractivity contribution in [1.29, 1.82) is 0 Å². The predicted molar refractivity (Wildman–Crippen MR) is 89.4 cm³/mol. The first kappa shape index (κ1) is 14.5. The first-order valence-corrected chi connectivity index (χ1v) is 8.33. The fraction of sp³-hybridized carbons (Fsp3) is 0.375. The summed E-state index contributed by atoms with van der Waals surface area (Å²) in [4.78, 5) is 10.5. The Hall–Kier alpha value is -1.39. The van der Waals surface area contributed by atoms with Crippen LogP contribution in [0.3, 0.4) is 0 Å². The quantitative estimate of drug-likeness (QED) is 0.651. The fourth-order valence-corrected chi connectivity index (χ4v) is 3.99. The molecule has 110 valence electrons. The van der Waals surface area contributed by atoms with E-state index >= 15 is 0 Å². The van der Waals surface area contributed by atoms with Crippen LogP contribution in [0.1, 0.15) is 39.9 Å². The van der Waals surface area contributed by atoms with Gasteiger partial charge in [-0.15, -0.1) is 22.9 Å². The highest BCUT2D eigenvalue weighted by Gasteiger charge is 2.20. The third-order valence-electron chi connectivity index (χ3n) is 3.74. The number of imidazole rings is 1. The molecule has 0 fully saturated rings. The second-order valence-corrected chi connectivity index (χ2v) is 6.88. The molecule has 21 heavy (non-hydrogen) atoms. The standard InChI is InChI=1S/C16H18ClN3S/c1-9-5-6-13-14(7-9)20(15(8-17)19-13)11(3)16-10(2)18-12(4)21-16/h5-7,11H,8H2,1-4H3. The molecular weight excluding hydrogens is 302 g/mol. The van der Waals surface area contributed by atoms with E-state index in [0.29, 0.717) is 5.88 Å². The van der Waals surface area contributed by atoms with Gasteiger partial charge in [0.25, 0.3) is 0 Å². The second-order valence-electron chi connectivity index (χ2n) is 5.38. The average molecular weight is 320 g/mol. The van der Waals surface area contributed by atoms with Crippen LogP contribution in [0.15, 0.2) is 18.2 Å². The van der Waals surface area contributed by atoms with Crippen molar-refractivity contribution in [1.82, 2.24) is 14.5 Å². The number of hydrogen-bond donors (Lipinski definition) is 0. The lowest BCUT2D eigenvalue weighted by atomic mass is 10.2. The first-order valence-electron chi connectivity index (χ1n) is 6.98. The van der Waals surface area contributed by atoms with Crippen molar-refractivity contribution < 1.29 is 0 Å². The molecule has 0 aliphatic carbocycles. The summed E-state index contributed by atoms with van der Waals surface area (Å²) < 4.78 is 2.25. The molecule has 0 aliphatic heterocycles. The molecule has 2 heterocycles. The summed E-state index contributed by atoms with van der Waals surface area (Å²) in [7, 11) is 0. The topological polar surface area (TPSA) is 30.7 Å². The summed E-state index contributed by atoms with van der Waals surface area (Å²) in [6, 6.07) is 6.52. The van der Waals surface area contributed by atoms with E-state index in [1.165, 1.54) is 10.4 Å². The molecule has 0 radical (unpaired) electrons. The maximum absolute atomic E-state index is 6.12. The fourth-order valence-electron chi connectivity index (χ4n) is 2.83. The van der Waals surface area contributed by atoms with Crippen LogP contribution in [0.25, 0.3) is 11.0 Å². The Morgan fingerprint density at radius 1 is 1.24 bits per heavy atom. The summed E-state index contributed by atoms with van der Waals surface area (Å²) in [5, 5.41) is 1.10. The van der Waals surface area contributed by atoms with Crippen LogP contribution in [-0.4, -0.2) is 14.5 Å². The largest absolute Gasteiger partial charge is 0.319 e. The minimum absolute atomic E-state index is 0.191. The second kappa shape index (κ2) is 5.43. The maximum Gasteiger partial charge on any atom is 0.125 e. The van der Waals surface area contributed by atoms with Gasteiger partial charge in [-0.25, -0.2) is 9.97 Å². The van der Waals surface area contributed by atoms with Gasteiger partial charge < -0.3 is 4.57 Å². The monoisotopic (exact) mass is 319 g/mol. The smallest absolute Gasteiger partial charge is 0.125 e. The number of alkyl halides is 1. The Labute approximate surface area is 133 Å². The van der Waals surface area contributed by atoms with Crippen molar-refractivity contribution in [2.75, 3.05) is 0 Å². The highest BCUT2D eigenvalue weighted by atomic mass is 35.5. The molecule has 0 saturated heterocycles. The molecule has 0 bridgehead atoms. The van der Waals surface area contributed by atoms with Gasteiger partial charge in [0.15, 0.2) is 0 Å². The minimum Gasteiger partial charge on any atom is -0.319 e. The molecule has 0 saturated carbocycles. The van der Waals surface area contributed by atoms with Crippen molar-refractivity contribution in [2.45, 2.75) is 39.6 Å². The van der Waals surface area contributed by atoms with Crippen LogP contribution >= 0.6 is 22.9 Å². The Morgan fingerprint density at radius 3 is 2.62 bits per heavy atom. The zero-order chi connectivity index (χ0) is 15.1. The molecular formula is C16H18ClN3S. The van der Waals surface area contributed by atoms with E-state index in [2.05, 4.69) is 53.5 Å². The number of fused-ring (bicyclic) bond motifs is 1. The van der Waals surface area contributed by atoms with Crippen LogP contribution in [0.4, 0.5) is 0 Å². The summed E-state index contributed by atoms with van der Waals surface area (Å²) >= 11 is 7.87. The van der Waals surface area contributed by atoms with Crippen molar-refractivity contribution >= 4 is 34.0 Å². The third kappa shape index (κ3) is 2.47. The Morgan fingerprint density at radius 2 is 2.00 bits per heavy atom. The molecule has 1 atom stereocenters. The van der Waals surface area contributed by atoms with E-state index in [1.54, 1.807) is 11.3 Å². The number of hydrogen-bond acceptors (Lipinski definition) is 3. The van der Waals surface area contributed by atoms with Gasteiger partial charge in [0.05, 0.1) is 38.5 Å². The summed E-state index contributed by atoms with van der Waals surface area (Å²) in [6.07, 6.45) is 0. The number of rotatable bonds is 3. The van der Waals surface area contributed by atoms with Crippen LogP contribution in [0, 0.1) is 20.8 Å². The number of aryl methyl sites for hydroxylation is 3. The highest BCUT2D eigenvalue weighted by molar-refractivity contribution is 7.11. The normalized spacial score (nSPS) is 13.0. The van der Waals surface area contributed by atoms with Crippen molar-refractivity contribution in [2.24, 2.45) is 0 Å². The van der Waals surface area contributed by atoms with E-state index in [4.69, 9.17) is 11.6 Å². The SMILES string of the molecule is Cc1ccc2nc(CCl)n(C(C)c3sc(C)nc3C)c2c1. The maximum atomic E-state index is 6.12. The Kier molecular flexibility index (Phi) is 3.76. The molecule has 5 heteroatoms. The zero-order valence-corrected chi connectivity index (χ0v) is 14.2. The molecule has 3 rings (SSSR count). The lowest BCUT2D eigenvalue weighted by Gasteiger charge is -2.16. The molecule has 0 amide bonds. The molecule has 0 spiro atoms. The van der Waals surface area contributed by atoms with Gasteiger partial charge in [-0.05, 0) is 45.4 Å². The number of nitrogens with zero attached hydrogens (tertiary/aromatic N) is 3. The first-order chi connectivity index (χ1) is 10.0.